The maximum atomic E-state index is 14.4. The van der Waals surface area contributed by atoms with Crippen molar-refractivity contribution in [2.45, 2.75) is 129 Å². The predicted molar refractivity (Wildman–Crippen MR) is 168 cm³/mol. The highest BCUT2D eigenvalue weighted by molar-refractivity contribution is 5.80. The van der Waals surface area contributed by atoms with Crippen molar-refractivity contribution in [2.75, 3.05) is 13.2 Å². The molecule has 0 bridgehead atoms. The molecule has 4 saturated carbocycles. The van der Waals surface area contributed by atoms with Gasteiger partial charge < -0.3 is 45.2 Å². The van der Waals surface area contributed by atoms with Crippen molar-refractivity contribution < 1.29 is 50.0 Å². The van der Waals surface area contributed by atoms with Gasteiger partial charge in [-0.05, 0) is 85.4 Å². The van der Waals surface area contributed by atoms with E-state index in [9.17, 15) is 40.5 Å². The average Bonchev–Trinajstić information content (AvgIpc) is 3.02. The Hall–Kier alpha value is -1.37. The van der Waals surface area contributed by atoms with Crippen LogP contribution >= 0.6 is 0 Å². The summed E-state index contributed by atoms with van der Waals surface area (Å²) >= 11 is 0. The lowest BCUT2D eigenvalue weighted by Gasteiger charge is -2.71. The van der Waals surface area contributed by atoms with E-state index in [1.807, 2.05) is 6.92 Å². The first-order valence-corrected chi connectivity index (χ1v) is 17.3. The fourth-order valence-corrected chi connectivity index (χ4v) is 11.9. The Labute approximate surface area is 272 Å². The number of esters is 1. The Balaban J connectivity index is 1.37. The molecule has 5 aliphatic carbocycles. The monoisotopic (exact) mass is 648 g/mol. The summed E-state index contributed by atoms with van der Waals surface area (Å²) < 4.78 is 11.5. The molecule has 46 heavy (non-hydrogen) atoms. The minimum absolute atomic E-state index is 0.0425. The second-order valence-electron chi connectivity index (χ2n) is 16.9. The maximum Gasteiger partial charge on any atom is 0.315 e. The molecule has 1 aliphatic heterocycles. The molecule has 0 radical (unpaired) electrons. The van der Waals surface area contributed by atoms with Gasteiger partial charge in [-0.1, -0.05) is 58.4 Å². The molecule has 6 rings (SSSR count). The lowest BCUT2D eigenvalue weighted by atomic mass is 9.33. The van der Waals surface area contributed by atoms with Crippen LogP contribution in [0.3, 0.4) is 0 Å². The van der Waals surface area contributed by atoms with Crippen LogP contribution in [-0.2, 0) is 14.3 Å². The molecule has 0 aromatic carbocycles. The van der Waals surface area contributed by atoms with Crippen LogP contribution in [0.1, 0.15) is 86.0 Å². The summed E-state index contributed by atoms with van der Waals surface area (Å²) in [6.45, 7) is 14.8. The quantitative estimate of drug-likeness (QED) is 0.177. The molecule has 260 valence electrons. The summed E-state index contributed by atoms with van der Waals surface area (Å²) in [7, 11) is 0. The highest BCUT2D eigenvalue weighted by Gasteiger charge is 2.71. The van der Waals surface area contributed by atoms with E-state index in [1.165, 1.54) is 5.57 Å². The van der Waals surface area contributed by atoms with Gasteiger partial charge in [-0.3, -0.25) is 4.79 Å². The van der Waals surface area contributed by atoms with Crippen molar-refractivity contribution in [3.8, 4) is 0 Å². The molecule has 1 heterocycles. The molecule has 0 spiro atoms. The van der Waals surface area contributed by atoms with Crippen LogP contribution in [0.25, 0.3) is 0 Å². The summed E-state index contributed by atoms with van der Waals surface area (Å²) in [6, 6.07) is 0. The number of hydrogen-bond donors (Lipinski definition) is 7. The Bertz CT molecular complexity index is 1270. The lowest BCUT2D eigenvalue weighted by molar-refractivity contribution is -0.297. The zero-order valence-corrected chi connectivity index (χ0v) is 28.1. The van der Waals surface area contributed by atoms with Gasteiger partial charge in [0.1, 0.15) is 24.4 Å². The Kier molecular flexibility index (Phi) is 8.50. The van der Waals surface area contributed by atoms with Gasteiger partial charge in [-0.15, -0.1) is 0 Å². The van der Waals surface area contributed by atoms with E-state index in [0.717, 1.165) is 37.7 Å². The van der Waals surface area contributed by atoms with Crippen molar-refractivity contribution in [1.82, 2.24) is 0 Å². The second kappa shape index (κ2) is 11.3. The molecule has 6 aliphatic rings. The molecule has 0 aromatic rings. The molecule has 7 N–H and O–H groups in total. The first kappa shape index (κ1) is 34.5. The van der Waals surface area contributed by atoms with E-state index in [-0.39, 0.29) is 46.5 Å². The smallest absolute Gasteiger partial charge is 0.315 e. The number of carbonyl (C=O) groups is 1. The summed E-state index contributed by atoms with van der Waals surface area (Å²) in [6.07, 6.45) is -1.67. The SMILES string of the molecule is C=C1[C@H]2C3=CC[C@@H]4[C@@]5(C)C[C@@H](O)[C@@H](O)[C@](C)(CO)[C@H]5CC[C@@]4(C)[C@]3(C)CC[C@@]2(C(=O)O[C@@H]2O[C@H](CO)[C@@H](O)[C@H](O)[C@H]2O)CC[C@H]1C. The van der Waals surface area contributed by atoms with E-state index in [1.54, 1.807) is 0 Å². The van der Waals surface area contributed by atoms with Gasteiger partial charge in [0.15, 0.2) is 0 Å². The Morgan fingerprint density at radius 3 is 2.30 bits per heavy atom. The molecular formula is C36H56O10. The third-order valence-electron chi connectivity index (χ3n) is 15.1. The normalized spacial score (nSPS) is 55.3. The van der Waals surface area contributed by atoms with Gasteiger partial charge in [-0.2, -0.15) is 0 Å². The largest absolute Gasteiger partial charge is 0.432 e. The number of hydrogen-bond acceptors (Lipinski definition) is 10. The third-order valence-corrected chi connectivity index (χ3v) is 15.1. The van der Waals surface area contributed by atoms with E-state index < -0.39 is 66.3 Å². The Morgan fingerprint density at radius 1 is 0.957 bits per heavy atom. The van der Waals surface area contributed by atoms with E-state index in [2.05, 4.69) is 40.3 Å². The van der Waals surface area contributed by atoms with Crippen LogP contribution in [0.15, 0.2) is 23.8 Å². The van der Waals surface area contributed by atoms with Crippen LogP contribution in [0.5, 0.6) is 0 Å². The van der Waals surface area contributed by atoms with Crippen molar-refractivity contribution in [1.29, 1.82) is 0 Å². The number of rotatable bonds is 4. The first-order valence-electron chi connectivity index (χ1n) is 17.3. The van der Waals surface area contributed by atoms with Crippen LogP contribution in [0.2, 0.25) is 0 Å². The topological polar surface area (TPSA) is 177 Å². The highest BCUT2D eigenvalue weighted by atomic mass is 16.7. The molecule has 0 amide bonds. The standard InChI is InChI=1S/C36H56O10/c1-18-9-12-36(31(44)46-30-28(42)27(41)26(40)22(16-37)45-30)14-13-34(5)20(25(36)19(18)2)7-8-24-32(3)15-21(39)29(43)33(4,17-38)23(32)10-11-35(24,34)6/h7,18,21-30,37-43H,2,8-17H2,1,3-6H3/t18-,21-,22-,23+,24-,25+,26-,27+,28-,29-,30+,32+,33-,34-,35-,36+/m1/s1. The van der Waals surface area contributed by atoms with Crippen molar-refractivity contribution in [3.05, 3.63) is 23.8 Å². The number of allylic oxidation sites excluding steroid dienone is 3. The van der Waals surface area contributed by atoms with Gasteiger partial charge in [0.25, 0.3) is 0 Å². The third kappa shape index (κ3) is 4.40. The lowest BCUT2D eigenvalue weighted by Crippen LogP contribution is -2.68. The van der Waals surface area contributed by atoms with Crippen LogP contribution < -0.4 is 0 Å². The fourth-order valence-electron chi connectivity index (χ4n) is 11.9. The summed E-state index contributed by atoms with van der Waals surface area (Å²) in [4.78, 5) is 14.4. The second-order valence-corrected chi connectivity index (χ2v) is 16.9. The van der Waals surface area contributed by atoms with Crippen LogP contribution in [0, 0.1) is 50.7 Å². The number of aliphatic hydroxyl groups is 7. The Morgan fingerprint density at radius 2 is 1.65 bits per heavy atom. The van der Waals surface area contributed by atoms with Gasteiger partial charge in [0.05, 0.1) is 30.8 Å². The van der Waals surface area contributed by atoms with Crippen LogP contribution in [-0.4, -0.2) is 97.8 Å². The zero-order chi connectivity index (χ0) is 33.8. The van der Waals surface area contributed by atoms with Crippen molar-refractivity contribution in [3.63, 3.8) is 0 Å². The van der Waals surface area contributed by atoms with E-state index in [4.69, 9.17) is 9.47 Å². The zero-order valence-electron chi connectivity index (χ0n) is 28.1. The minimum Gasteiger partial charge on any atom is -0.432 e. The fraction of sp³-hybridized carbons (Fsp3) is 0.861. The van der Waals surface area contributed by atoms with Crippen LogP contribution in [0.4, 0.5) is 0 Å². The van der Waals surface area contributed by atoms with E-state index >= 15 is 0 Å². The van der Waals surface area contributed by atoms with Gasteiger partial charge in [0.2, 0.25) is 6.29 Å². The number of fused-ring (bicyclic) bond motifs is 7. The molecule has 10 heteroatoms. The number of aliphatic hydroxyl groups excluding tert-OH is 7. The van der Waals surface area contributed by atoms with Gasteiger partial charge >= 0.3 is 5.97 Å². The minimum atomic E-state index is -1.67. The molecule has 16 atom stereocenters. The number of carbonyl (C=O) groups excluding carboxylic acids is 1. The summed E-state index contributed by atoms with van der Waals surface area (Å²) in [5.74, 6) is -0.411. The predicted octanol–water partition coefficient (Wildman–Crippen LogP) is 2.21. The molecule has 0 unspecified atom stereocenters. The molecule has 1 saturated heterocycles. The van der Waals surface area contributed by atoms with Gasteiger partial charge in [-0.25, -0.2) is 0 Å². The maximum absolute atomic E-state index is 14.4. The highest BCUT2D eigenvalue weighted by Crippen LogP contribution is 2.75. The van der Waals surface area contributed by atoms with E-state index in [0.29, 0.717) is 19.3 Å². The van der Waals surface area contributed by atoms with Crippen molar-refractivity contribution in [2.24, 2.45) is 50.7 Å². The molecule has 5 fully saturated rings. The molecular weight excluding hydrogens is 592 g/mol. The van der Waals surface area contributed by atoms with Gasteiger partial charge in [0, 0.05) is 11.3 Å². The molecule has 0 aromatic heterocycles. The molecule has 10 nitrogen and oxygen atoms in total. The number of ether oxygens (including phenoxy) is 2. The first-order chi connectivity index (χ1) is 21.5. The summed E-state index contributed by atoms with van der Waals surface area (Å²) in [5, 5.41) is 73.7. The summed E-state index contributed by atoms with van der Waals surface area (Å²) in [5.41, 5.74) is -0.363. The van der Waals surface area contributed by atoms with Crippen molar-refractivity contribution >= 4 is 5.97 Å². The average molecular weight is 649 g/mol.